The second-order valence-corrected chi connectivity index (χ2v) is 8.19. The van der Waals surface area contributed by atoms with Crippen LogP contribution in [0.2, 0.25) is 0 Å². The van der Waals surface area contributed by atoms with Gasteiger partial charge in [-0.1, -0.05) is 28.1 Å². The van der Waals surface area contributed by atoms with E-state index in [1.165, 1.54) is 0 Å². The lowest BCUT2D eigenvalue weighted by atomic mass is 10.1. The highest BCUT2D eigenvalue weighted by Crippen LogP contribution is 2.31. The zero-order valence-corrected chi connectivity index (χ0v) is 18.8. The number of fused-ring (bicyclic) bond motifs is 1. The minimum absolute atomic E-state index is 0.246. The summed E-state index contributed by atoms with van der Waals surface area (Å²) in [6, 6.07) is 15.3. The first kappa shape index (κ1) is 20.2. The summed E-state index contributed by atoms with van der Waals surface area (Å²) in [6.07, 6.45) is 0. The van der Waals surface area contributed by atoms with Gasteiger partial charge in [0.05, 0.1) is 12.7 Å². The molecule has 0 saturated carbocycles. The van der Waals surface area contributed by atoms with E-state index in [1.807, 2.05) is 63.2 Å². The first-order chi connectivity index (χ1) is 14.4. The Hall–Kier alpha value is -3.12. The lowest BCUT2D eigenvalue weighted by Gasteiger charge is -2.14. The smallest absolute Gasteiger partial charge is 0.259 e. The molecule has 0 aliphatic carbocycles. The second kappa shape index (κ2) is 7.95. The molecular weight excluding hydrogens is 444 g/mol. The van der Waals surface area contributed by atoms with Crippen molar-refractivity contribution in [2.45, 2.75) is 20.8 Å². The van der Waals surface area contributed by atoms with Crippen molar-refractivity contribution < 1.29 is 13.9 Å². The molecule has 0 aliphatic heterocycles. The van der Waals surface area contributed by atoms with E-state index in [4.69, 9.17) is 9.15 Å². The van der Waals surface area contributed by atoms with Crippen LogP contribution < -0.4 is 10.1 Å². The number of carbonyl (C=O) groups is 1. The van der Waals surface area contributed by atoms with Crippen molar-refractivity contribution in [1.82, 2.24) is 4.98 Å². The Morgan fingerprint density at radius 2 is 1.83 bits per heavy atom. The number of nitrogens with zero attached hydrogens (tertiary/aromatic N) is 1. The van der Waals surface area contributed by atoms with E-state index in [1.54, 1.807) is 13.2 Å². The summed E-state index contributed by atoms with van der Waals surface area (Å²) < 4.78 is 12.2. The minimum atomic E-state index is -0.246. The van der Waals surface area contributed by atoms with Crippen molar-refractivity contribution in [3.63, 3.8) is 0 Å². The van der Waals surface area contributed by atoms with Gasteiger partial charge in [0.25, 0.3) is 5.91 Å². The van der Waals surface area contributed by atoms with Crippen LogP contribution in [0.3, 0.4) is 0 Å². The van der Waals surface area contributed by atoms with Crippen LogP contribution in [0.1, 0.15) is 27.0 Å². The van der Waals surface area contributed by atoms with E-state index < -0.39 is 0 Å². The van der Waals surface area contributed by atoms with Crippen LogP contribution in [0.25, 0.3) is 22.6 Å². The standard InChI is InChI=1S/C24H21BrN2O3/c1-13-5-8-21-20(9-13)27-24(30-21)16-7-6-14(2)19(11-16)26-23(28)18-12-17(25)10-15(3)22(18)29-4/h5-12H,1-4H3,(H,26,28). The zero-order chi connectivity index (χ0) is 21.4. The van der Waals surface area contributed by atoms with E-state index >= 15 is 0 Å². The highest BCUT2D eigenvalue weighted by molar-refractivity contribution is 9.10. The van der Waals surface area contributed by atoms with Gasteiger partial charge in [0, 0.05) is 15.7 Å². The number of hydrogen-bond acceptors (Lipinski definition) is 4. The summed E-state index contributed by atoms with van der Waals surface area (Å²) in [4.78, 5) is 17.6. The van der Waals surface area contributed by atoms with Crippen LogP contribution >= 0.6 is 15.9 Å². The van der Waals surface area contributed by atoms with Gasteiger partial charge in [-0.25, -0.2) is 4.98 Å². The quantitative estimate of drug-likeness (QED) is 0.377. The summed E-state index contributed by atoms with van der Waals surface area (Å²) in [7, 11) is 1.56. The molecule has 3 aromatic carbocycles. The lowest BCUT2D eigenvalue weighted by Crippen LogP contribution is -2.14. The molecule has 4 aromatic rings. The fraction of sp³-hybridized carbons (Fsp3) is 0.167. The Labute approximate surface area is 183 Å². The number of ether oxygens (including phenoxy) is 1. The molecule has 0 spiro atoms. The van der Waals surface area contributed by atoms with E-state index in [0.717, 1.165) is 37.8 Å². The molecule has 152 valence electrons. The van der Waals surface area contributed by atoms with Crippen LogP contribution in [-0.2, 0) is 0 Å². The predicted molar refractivity (Wildman–Crippen MR) is 122 cm³/mol. The number of rotatable bonds is 4. The SMILES string of the molecule is COc1c(C)cc(Br)cc1C(=O)Nc1cc(-c2nc3cc(C)ccc3o2)ccc1C. The molecule has 0 atom stereocenters. The van der Waals surface area contributed by atoms with Gasteiger partial charge in [-0.15, -0.1) is 0 Å². The predicted octanol–water partition coefficient (Wildman–Crippen LogP) is 6.44. The van der Waals surface area contributed by atoms with E-state index in [0.29, 0.717) is 22.9 Å². The van der Waals surface area contributed by atoms with Gasteiger partial charge < -0.3 is 14.5 Å². The monoisotopic (exact) mass is 464 g/mol. The van der Waals surface area contributed by atoms with Crippen LogP contribution in [0.4, 0.5) is 5.69 Å². The number of oxazole rings is 1. The lowest BCUT2D eigenvalue weighted by molar-refractivity contribution is 0.102. The maximum Gasteiger partial charge on any atom is 0.259 e. The zero-order valence-electron chi connectivity index (χ0n) is 17.2. The molecule has 30 heavy (non-hydrogen) atoms. The topological polar surface area (TPSA) is 64.4 Å². The summed E-state index contributed by atoms with van der Waals surface area (Å²) in [5.74, 6) is 0.825. The third-order valence-corrected chi connectivity index (χ3v) is 5.42. The molecule has 5 nitrogen and oxygen atoms in total. The highest BCUT2D eigenvalue weighted by Gasteiger charge is 2.17. The number of aryl methyl sites for hydroxylation is 3. The Bertz CT molecular complexity index is 1280. The molecule has 1 aromatic heterocycles. The molecule has 0 fully saturated rings. The van der Waals surface area contributed by atoms with Gasteiger partial charge in [0.15, 0.2) is 5.58 Å². The maximum atomic E-state index is 13.0. The fourth-order valence-corrected chi connectivity index (χ4v) is 3.98. The number of nitrogens with one attached hydrogen (secondary N) is 1. The molecule has 6 heteroatoms. The fourth-order valence-electron chi connectivity index (χ4n) is 3.41. The van der Waals surface area contributed by atoms with Gasteiger partial charge in [0.2, 0.25) is 5.89 Å². The summed E-state index contributed by atoms with van der Waals surface area (Å²) in [5.41, 5.74) is 6.43. The Kier molecular flexibility index (Phi) is 5.35. The van der Waals surface area contributed by atoms with E-state index in [2.05, 4.69) is 26.2 Å². The number of methoxy groups -OCH3 is 1. The number of aromatic nitrogens is 1. The average Bonchev–Trinajstić information content (AvgIpc) is 3.12. The number of anilines is 1. The molecule has 1 amide bonds. The molecule has 0 saturated heterocycles. The van der Waals surface area contributed by atoms with Gasteiger partial charge in [-0.3, -0.25) is 4.79 Å². The molecule has 4 rings (SSSR count). The van der Waals surface area contributed by atoms with Gasteiger partial charge in [-0.2, -0.15) is 0 Å². The van der Waals surface area contributed by atoms with Crippen molar-refractivity contribution in [3.8, 4) is 17.2 Å². The van der Waals surface area contributed by atoms with Crippen molar-refractivity contribution in [3.05, 3.63) is 75.3 Å². The van der Waals surface area contributed by atoms with E-state index in [-0.39, 0.29) is 5.91 Å². The summed E-state index contributed by atoms with van der Waals surface area (Å²) in [5, 5.41) is 3.00. The van der Waals surface area contributed by atoms with Gasteiger partial charge in [-0.05, 0) is 73.9 Å². The first-order valence-electron chi connectivity index (χ1n) is 9.49. The Balaban J connectivity index is 1.69. The highest BCUT2D eigenvalue weighted by atomic mass is 79.9. The molecule has 0 bridgehead atoms. The van der Waals surface area contributed by atoms with Crippen LogP contribution in [0.5, 0.6) is 5.75 Å². The van der Waals surface area contributed by atoms with Crippen LogP contribution in [0.15, 0.2) is 57.4 Å². The minimum Gasteiger partial charge on any atom is -0.496 e. The maximum absolute atomic E-state index is 13.0. The first-order valence-corrected chi connectivity index (χ1v) is 10.3. The van der Waals surface area contributed by atoms with E-state index in [9.17, 15) is 4.79 Å². The molecule has 1 N–H and O–H groups in total. The molecule has 1 heterocycles. The number of hydrogen-bond donors (Lipinski definition) is 1. The van der Waals surface area contributed by atoms with Gasteiger partial charge >= 0.3 is 0 Å². The Morgan fingerprint density at radius 1 is 1.03 bits per heavy atom. The third kappa shape index (κ3) is 3.83. The number of amides is 1. The normalized spacial score (nSPS) is 11.0. The average molecular weight is 465 g/mol. The van der Waals surface area contributed by atoms with Crippen molar-refractivity contribution >= 4 is 38.6 Å². The number of halogens is 1. The second-order valence-electron chi connectivity index (χ2n) is 7.28. The molecule has 0 aliphatic rings. The summed E-state index contributed by atoms with van der Waals surface area (Å²) in [6.45, 7) is 5.87. The third-order valence-electron chi connectivity index (χ3n) is 4.96. The molecule has 0 unspecified atom stereocenters. The molecule has 0 radical (unpaired) electrons. The Morgan fingerprint density at radius 3 is 2.60 bits per heavy atom. The number of carbonyl (C=O) groups excluding carboxylic acids is 1. The van der Waals surface area contributed by atoms with Crippen molar-refractivity contribution in [1.29, 1.82) is 0 Å². The molecular formula is C24H21BrN2O3. The summed E-state index contributed by atoms with van der Waals surface area (Å²) >= 11 is 3.45. The van der Waals surface area contributed by atoms with Crippen molar-refractivity contribution in [2.24, 2.45) is 0 Å². The van der Waals surface area contributed by atoms with Gasteiger partial charge in [0.1, 0.15) is 11.3 Å². The van der Waals surface area contributed by atoms with Crippen LogP contribution in [0, 0.1) is 20.8 Å². The number of benzene rings is 3. The van der Waals surface area contributed by atoms with Crippen molar-refractivity contribution in [2.75, 3.05) is 12.4 Å². The largest absolute Gasteiger partial charge is 0.496 e. The van der Waals surface area contributed by atoms with Crippen LogP contribution in [-0.4, -0.2) is 18.0 Å².